The lowest BCUT2D eigenvalue weighted by atomic mass is 9.68. The number of carbonyl (C=O) groups is 1. The molecule has 0 aromatic heterocycles. The molecule has 1 aliphatic carbocycles. The lowest BCUT2D eigenvalue weighted by molar-refractivity contribution is -0.118. The van der Waals surface area contributed by atoms with Gasteiger partial charge in [-0.15, -0.1) is 0 Å². The van der Waals surface area contributed by atoms with Crippen molar-refractivity contribution in [3.8, 4) is 17.6 Å². The molecule has 170 valence electrons. The topological polar surface area (TPSA) is 99.6 Å². The fourth-order valence-corrected chi connectivity index (χ4v) is 5.19. The number of phenolic OH excluding ortho intramolecular Hbond substituents is 1. The van der Waals surface area contributed by atoms with Crippen molar-refractivity contribution in [2.45, 2.75) is 32.6 Å². The number of allylic oxidation sites excluding steroid dienone is 3. The number of phenols is 1. The van der Waals surface area contributed by atoms with E-state index in [2.05, 4.69) is 6.07 Å². The summed E-state index contributed by atoms with van der Waals surface area (Å²) in [5, 5.41) is 21.0. The summed E-state index contributed by atoms with van der Waals surface area (Å²) in [5.41, 5.74) is 8.95. The second-order valence-electron chi connectivity index (χ2n) is 9.04. The predicted octanol–water partition coefficient (Wildman–Crippen LogP) is 5.65. The maximum atomic E-state index is 13.5. The van der Waals surface area contributed by atoms with Gasteiger partial charge in [-0.05, 0) is 47.7 Å². The number of methoxy groups -OCH3 is 1. The summed E-state index contributed by atoms with van der Waals surface area (Å²) in [4.78, 5) is 15.3. The van der Waals surface area contributed by atoms with E-state index >= 15 is 0 Å². The Morgan fingerprint density at radius 2 is 1.85 bits per heavy atom. The number of benzene rings is 2. The Morgan fingerprint density at radius 3 is 2.45 bits per heavy atom. The predicted molar refractivity (Wildman–Crippen MR) is 128 cm³/mol. The first-order valence-corrected chi connectivity index (χ1v) is 11.1. The van der Waals surface area contributed by atoms with Crippen LogP contribution in [0.5, 0.6) is 11.5 Å². The highest BCUT2D eigenvalue weighted by molar-refractivity contribution is 6.35. The van der Waals surface area contributed by atoms with E-state index in [0.29, 0.717) is 45.4 Å². The number of rotatable bonds is 3. The highest BCUT2D eigenvalue weighted by Crippen LogP contribution is 2.51. The van der Waals surface area contributed by atoms with E-state index in [1.165, 1.54) is 13.2 Å². The van der Waals surface area contributed by atoms with Crippen LogP contribution >= 0.6 is 23.2 Å². The third-order valence-corrected chi connectivity index (χ3v) is 6.46. The molecule has 0 radical (unpaired) electrons. The van der Waals surface area contributed by atoms with E-state index in [4.69, 9.17) is 33.7 Å². The number of aromatic hydroxyl groups is 1. The lowest BCUT2D eigenvalue weighted by Gasteiger charge is -2.43. The van der Waals surface area contributed by atoms with Gasteiger partial charge >= 0.3 is 0 Å². The van der Waals surface area contributed by atoms with Crippen LogP contribution in [0.1, 0.15) is 38.2 Å². The molecule has 0 saturated carbocycles. The van der Waals surface area contributed by atoms with Crippen molar-refractivity contribution in [2.75, 3.05) is 12.0 Å². The van der Waals surface area contributed by atoms with Gasteiger partial charge in [0.15, 0.2) is 17.3 Å². The monoisotopic (exact) mass is 483 g/mol. The van der Waals surface area contributed by atoms with Crippen molar-refractivity contribution in [1.29, 1.82) is 5.26 Å². The van der Waals surface area contributed by atoms with Gasteiger partial charge in [-0.1, -0.05) is 43.1 Å². The standard InChI is InChI=1S/C25H23Cl2N3O3/c1-25(2)10-18-23(20(32)11-25)22(13-4-5-19(31)21(6-13)33-3)17(12-28)24(29)30(18)16-8-14(26)7-15(27)9-16/h4-9,22,31H,10-11,29H2,1-3H3. The van der Waals surface area contributed by atoms with Crippen LogP contribution in [-0.2, 0) is 4.79 Å². The SMILES string of the molecule is COc1cc(C2C(C#N)=C(N)N(c3cc(Cl)cc(Cl)c3)C3=C2C(=O)CC(C)(C)C3)ccc1O. The molecule has 1 atom stereocenters. The number of halogens is 2. The van der Waals surface area contributed by atoms with Gasteiger partial charge in [-0.2, -0.15) is 5.26 Å². The molecule has 2 aromatic rings. The van der Waals surface area contributed by atoms with Gasteiger partial charge in [-0.3, -0.25) is 9.69 Å². The number of nitrogens with two attached hydrogens (primary N) is 1. The minimum atomic E-state index is -0.686. The van der Waals surface area contributed by atoms with E-state index in [-0.39, 0.29) is 34.1 Å². The summed E-state index contributed by atoms with van der Waals surface area (Å²) in [7, 11) is 1.44. The number of anilines is 1. The minimum Gasteiger partial charge on any atom is -0.504 e. The molecule has 0 amide bonds. The second-order valence-corrected chi connectivity index (χ2v) is 9.91. The average molecular weight is 484 g/mol. The molecule has 1 aliphatic heterocycles. The summed E-state index contributed by atoms with van der Waals surface area (Å²) in [6.07, 6.45) is 0.892. The van der Waals surface area contributed by atoms with Gasteiger partial charge in [0.1, 0.15) is 5.82 Å². The maximum Gasteiger partial charge on any atom is 0.162 e. The van der Waals surface area contributed by atoms with Crippen molar-refractivity contribution in [2.24, 2.45) is 11.1 Å². The van der Waals surface area contributed by atoms with Crippen LogP contribution in [0.25, 0.3) is 0 Å². The van der Waals surface area contributed by atoms with Crippen molar-refractivity contribution >= 4 is 34.7 Å². The Morgan fingerprint density at radius 1 is 1.18 bits per heavy atom. The Balaban J connectivity index is 2.02. The number of carbonyl (C=O) groups excluding carboxylic acids is 1. The normalized spacial score (nSPS) is 19.9. The third-order valence-electron chi connectivity index (χ3n) is 6.02. The number of nitriles is 1. The molecule has 1 heterocycles. The van der Waals surface area contributed by atoms with Gasteiger partial charge < -0.3 is 15.6 Å². The Kier molecular flexibility index (Phi) is 5.81. The van der Waals surface area contributed by atoms with Crippen LogP contribution in [0, 0.1) is 16.7 Å². The molecule has 0 saturated heterocycles. The number of ether oxygens (including phenoxy) is 1. The van der Waals surface area contributed by atoms with E-state index in [9.17, 15) is 15.2 Å². The van der Waals surface area contributed by atoms with Crippen LogP contribution in [0.2, 0.25) is 10.0 Å². The van der Waals surface area contributed by atoms with E-state index in [0.717, 1.165) is 0 Å². The zero-order valence-corrected chi connectivity index (χ0v) is 20.0. The molecule has 33 heavy (non-hydrogen) atoms. The van der Waals surface area contributed by atoms with Gasteiger partial charge in [-0.25, -0.2) is 0 Å². The fraction of sp³-hybridized carbons (Fsp3) is 0.280. The summed E-state index contributed by atoms with van der Waals surface area (Å²) in [5.74, 6) is -0.325. The number of hydrogen-bond donors (Lipinski definition) is 2. The molecule has 1 unspecified atom stereocenters. The van der Waals surface area contributed by atoms with Crippen molar-refractivity contribution in [1.82, 2.24) is 0 Å². The van der Waals surface area contributed by atoms with E-state index < -0.39 is 5.92 Å². The van der Waals surface area contributed by atoms with Crippen LogP contribution in [0.4, 0.5) is 5.69 Å². The smallest absolute Gasteiger partial charge is 0.162 e. The number of nitrogens with zero attached hydrogens (tertiary/aromatic N) is 2. The molecule has 4 rings (SSSR count). The fourth-order valence-electron chi connectivity index (χ4n) is 4.68. The van der Waals surface area contributed by atoms with Gasteiger partial charge in [0.2, 0.25) is 0 Å². The molecular formula is C25H23Cl2N3O3. The molecule has 2 aliphatic rings. The average Bonchev–Trinajstić information content (AvgIpc) is 2.71. The van der Waals surface area contributed by atoms with Crippen LogP contribution in [0.15, 0.2) is 59.1 Å². The molecule has 0 bridgehead atoms. The molecule has 3 N–H and O–H groups in total. The third kappa shape index (κ3) is 4.03. The van der Waals surface area contributed by atoms with Gasteiger partial charge in [0.25, 0.3) is 0 Å². The summed E-state index contributed by atoms with van der Waals surface area (Å²) < 4.78 is 5.26. The van der Waals surface area contributed by atoms with Gasteiger partial charge in [0.05, 0.1) is 30.4 Å². The molecule has 0 fully saturated rings. The number of Topliss-reactive ketones (excluding diaryl/α,β-unsaturated/α-hetero) is 1. The highest BCUT2D eigenvalue weighted by Gasteiger charge is 2.44. The minimum absolute atomic E-state index is 0.0342. The molecule has 2 aromatic carbocycles. The summed E-state index contributed by atoms with van der Waals surface area (Å²) in [6.45, 7) is 4.05. The van der Waals surface area contributed by atoms with Gasteiger partial charge in [0, 0.05) is 27.7 Å². The Bertz CT molecular complexity index is 1250. The van der Waals surface area contributed by atoms with Crippen molar-refractivity contribution in [3.63, 3.8) is 0 Å². The zero-order chi connectivity index (χ0) is 24.1. The van der Waals surface area contributed by atoms with Crippen LogP contribution < -0.4 is 15.4 Å². The van der Waals surface area contributed by atoms with E-state index in [1.54, 1.807) is 35.2 Å². The van der Waals surface area contributed by atoms with Crippen molar-refractivity contribution < 1.29 is 14.6 Å². The van der Waals surface area contributed by atoms with Crippen LogP contribution in [-0.4, -0.2) is 18.0 Å². The first kappa shape index (κ1) is 23.0. The second kappa shape index (κ2) is 8.33. The highest BCUT2D eigenvalue weighted by atomic mass is 35.5. The summed E-state index contributed by atoms with van der Waals surface area (Å²) >= 11 is 12.5. The van der Waals surface area contributed by atoms with E-state index in [1.807, 2.05) is 13.8 Å². The zero-order valence-electron chi connectivity index (χ0n) is 18.4. The van der Waals surface area contributed by atoms with Crippen LogP contribution in [0.3, 0.4) is 0 Å². The van der Waals surface area contributed by atoms with Crippen molar-refractivity contribution in [3.05, 3.63) is 74.7 Å². The number of ketones is 1. The first-order chi connectivity index (χ1) is 15.6. The summed E-state index contributed by atoms with van der Waals surface area (Å²) in [6, 6.07) is 12.0. The quantitative estimate of drug-likeness (QED) is 0.584. The molecule has 6 nitrogen and oxygen atoms in total. The molecular weight excluding hydrogens is 461 g/mol. The Labute approximate surface area is 202 Å². The number of hydrogen-bond acceptors (Lipinski definition) is 6. The molecule has 0 spiro atoms. The Hall–Kier alpha value is -3.14. The lowest BCUT2D eigenvalue weighted by Crippen LogP contribution is -2.42. The largest absolute Gasteiger partial charge is 0.504 e. The molecule has 8 heteroatoms. The first-order valence-electron chi connectivity index (χ1n) is 10.4. The maximum absolute atomic E-state index is 13.5.